The van der Waals surface area contributed by atoms with E-state index in [1.165, 1.54) is 51.6 Å². The van der Waals surface area contributed by atoms with Gasteiger partial charge in [0, 0.05) is 80.6 Å². The minimum atomic E-state index is -0.959. The van der Waals surface area contributed by atoms with Gasteiger partial charge in [0.05, 0.1) is 28.5 Å². The molecule has 14 nitrogen and oxygen atoms in total. The number of aromatic nitrogens is 2. The first-order valence-electron chi connectivity index (χ1n) is 23.9. The molecule has 6 aliphatic rings. The molecule has 1 atom stereocenters. The van der Waals surface area contributed by atoms with Crippen LogP contribution in [0.4, 0.5) is 11.6 Å². The number of piperazine rings is 1. The Bertz CT molecular complexity index is 2600. The molecule has 4 amide bonds. The smallest absolute Gasteiger partial charge is 0.262 e. The summed E-state index contributed by atoms with van der Waals surface area (Å²) in [5, 5.41) is 12.3. The van der Waals surface area contributed by atoms with Gasteiger partial charge in [-0.25, -0.2) is 9.97 Å². The molecule has 5 aliphatic heterocycles. The summed E-state index contributed by atoms with van der Waals surface area (Å²) in [6.07, 6.45) is 9.48. The molecule has 1 aliphatic carbocycles. The van der Waals surface area contributed by atoms with Gasteiger partial charge in [-0.2, -0.15) is 5.26 Å². The maximum Gasteiger partial charge on any atom is 0.262 e. The van der Waals surface area contributed by atoms with Crippen LogP contribution in [0.5, 0.6) is 5.75 Å². The molecule has 6 heterocycles. The monoisotopic (exact) mass is 923 g/mol. The second kappa shape index (κ2) is 18.3. The number of hydrogen-bond donors (Lipinski definition) is 1. The predicted molar refractivity (Wildman–Crippen MR) is 254 cm³/mol. The highest BCUT2D eigenvalue weighted by atomic mass is 35.5. The largest absolute Gasteiger partial charge is 0.487 e. The van der Waals surface area contributed by atoms with Gasteiger partial charge in [-0.15, -0.1) is 0 Å². The average Bonchev–Trinajstić information content (AvgIpc) is 3.58. The third-order valence-corrected chi connectivity index (χ3v) is 15.9. The van der Waals surface area contributed by atoms with Crippen LogP contribution >= 0.6 is 11.6 Å². The van der Waals surface area contributed by atoms with Crippen molar-refractivity contribution >= 4 is 46.9 Å². The number of hydrogen-bond acceptors (Lipinski definition) is 12. The van der Waals surface area contributed by atoms with Crippen LogP contribution < -0.4 is 19.9 Å². The normalized spacial score (nSPS) is 21.9. The summed E-state index contributed by atoms with van der Waals surface area (Å²) in [7, 11) is 0. The van der Waals surface area contributed by atoms with E-state index >= 15 is 0 Å². The molecule has 1 N–H and O–H groups in total. The Morgan fingerprint density at radius 3 is 2.27 bits per heavy atom. The molecule has 1 spiro atoms. The van der Waals surface area contributed by atoms with Gasteiger partial charge < -0.3 is 19.4 Å². The maximum absolute atomic E-state index is 13.4. The van der Waals surface area contributed by atoms with E-state index in [0.717, 1.165) is 84.9 Å². The van der Waals surface area contributed by atoms with E-state index in [9.17, 15) is 24.4 Å². The minimum absolute atomic E-state index is 0.104. The highest BCUT2D eigenvalue weighted by molar-refractivity contribution is 6.30. The number of rotatable bonds is 11. The molecule has 348 valence electrons. The fraction of sp³-hybridized carbons (Fsp3) is 0.481. The van der Waals surface area contributed by atoms with Crippen molar-refractivity contribution in [3.63, 3.8) is 0 Å². The number of carbonyl (C=O) groups is 4. The second-order valence-corrected chi connectivity index (χ2v) is 20.6. The van der Waals surface area contributed by atoms with Crippen LogP contribution in [0.2, 0.25) is 5.02 Å². The van der Waals surface area contributed by atoms with Crippen LogP contribution in [-0.2, 0) is 21.6 Å². The summed E-state index contributed by atoms with van der Waals surface area (Å²) in [4.78, 5) is 71.3. The number of halogens is 1. The van der Waals surface area contributed by atoms with E-state index in [2.05, 4.69) is 61.9 Å². The third-order valence-electron chi connectivity index (χ3n) is 15.7. The standard InChI is InChI=1S/C52H58ClN9O5/c1-51(2,37-25-35(31-54)26-38(53)27-37)36-3-6-42(7-4-36)67-33-39-11-16-55-50(56-39)61-19-14-52(15-20-61)29-41(30-52)59-17-12-34(13-18-59)32-58-21-23-60(24-22-58)40-5-8-43-44(28-40)49(66)62(48(43)65)45-9-10-46(63)57-47(45)64/h3-8,11,16,25-28,34,41,45H,9-10,12-15,17-24,29-30,32-33H2,1-2H3,(H,57,63,64). The zero-order valence-corrected chi connectivity index (χ0v) is 39.1. The molecule has 0 radical (unpaired) electrons. The number of nitrogens with one attached hydrogen (secondary N) is 1. The van der Waals surface area contributed by atoms with E-state index in [4.69, 9.17) is 21.3 Å². The van der Waals surface area contributed by atoms with Crippen molar-refractivity contribution in [3.8, 4) is 11.8 Å². The SMILES string of the molecule is CC(C)(c1ccc(OCc2ccnc(N3CCC4(CC3)CC(N3CCC(CN5CCN(c6ccc7c(c6)C(=O)N(C6CCC(=O)NC6=O)C7=O)CC5)CC3)C4)n2)cc1)c1cc(Cl)cc(C#N)c1. The van der Waals surface area contributed by atoms with Crippen molar-refractivity contribution in [2.24, 2.45) is 11.3 Å². The van der Waals surface area contributed by atoms with Crippen LogP contribution in [0.3, 0.4) is 0 Å². The fourth-order valence-corrected chi connectivity index (χ4v) is 11.7. The number of nitriles is 1. The Labute approximate surface area is 397 Å². The first-order chi connectivity index (χ1) is 32.3. The lowest BCUT2D eigenvalue weighted by Crippen LogP contribution is -2.57. The highest BCUT2D eigenvalue weighted by Crippen LogP contribution is 2.51. The number of imide groups is 2. The number of fused-ring (bicyclic) bond motifs is 1. The number of piperidine rings is 3. The van der Waals surface area contributed by atoms with Crippen LogP contribution in [0.15, 0.2) is 72.9 Å². The van der Waals surface area contributed by atoms with E-state index < -0.39 is 23.8 Å². The van der Waals surface area contributed by atoms with Gasteiger partial charge in [0.15, 0.2) is 0 Å². The predicted octanol–water partition coefficient (Wildman–Crippen LogP) is 6.59. The number of ether oxygens (including phenoxy) is 1. The van der Waals surface area contributed by atoms with Gasteiger partial charge >= 0.3 is 0 Å². The van der Waals surface area contributed by atoms with Gasteiger partial charge in [0.25, 0.3) is 11.8 Å². The molecular weight excluding hydrogens is 866 g/mol. The van der Waals surface area contributed by atoms with Crippen molar-refractivity contribution in [3.05, 3.63) is 111 Å². The lowest BCUT2D eigenvalue weighted by molar-refractivity contribution is -0.136. The lowest BCUT2D eigenvalue weighted by Gasteiger charge is -2.56. The molecule has 4 aromatic rings. The summed E-state index contributed by atoms with van der Waals surface area (Å²) < 4.78 is 6.18. The van der Waals surface area contributed by atoms with Crippen molar-refractivity contribution in [2.45, 2.75) is 89.3 Å². The number of carbonyl (C=O) groups excluding carboxylic acids is 4. The summed E-state index contributed by atoms with van der Waals surface area (Å²) in [5.74, 6) is 0.334. The van der Waals surface area contributed by atoms with Crippen LogP contribution in [0.1, 0.15) is 108 Å². The molecule has 15 heteroatoms. The van der Waals surface area contributed by atoms with Gasteiger partial charge in [0.1, 0.15) is 18.4 Å². The molecular formula is C52H58ClN9O5. The van der Waals surface area contributed by atoms with E-state index in [1.54, 1.807) is 18.2 Å². The molecule has 0 bridgehead atoms. The van der Waals surface area contributed by atoms with E-state index in [-0.39, 0.29) is 24.2 Å². The van der Waals surface area contributed by atoms with Crippen molar-refractivity contribution in [1.82, 2.24) is 30.0 Å². The first kappa shape index (κ1) is 44.9. The first-order valence-corrected chi connectivity index (χ1v) is 24.3. The second-order valence-electron chi connectivity index (χ2n) is 20.1. The topological polar surface area (TPSA) is 155 Å². The van der Waals surface area contributed by atoms with Crippen LogP contribution in [-0.4, -0.2) is 119 Å². The van der Waals surface area contributed by atoms with Gasteiger partial charge in [-0.1, -0.05) is 37.6 Å². The van der Waals surface area contributed by atoms with Gasteiger partial charge in [-0.05, 0) is 135 Å². The Morgan fingerprint density at radius 2 is 1.55 bits per heavy atom. The third kappa shape index (κ3) is 9.13. The van der Waals surface area contributed by atoms with Crippen molar-refractivity contribution < 1.29 is 23.9 Å². The fourth-order valence-electron chi connectivity index (χ4n) is 11.4. The number of anilines is 2. The molecule has 1 unspecified atom stereocenters. The Morgan fingerprint density at radius 1 is 0.821 bits per heavy atom. The molecule has 10 rings (SSSR count). The number of benzene rings is 3. The lowest BCUT2D eigenvalue weighted by atomic mass is 9.59. The maximum atomic E-state index is 13.4. The molecule has 1 aromatic heterocycles. The van der Waals surface area contributed by atoms with Crippen LogP contribution in [0.25, 0.3) is 0 Å². The van der Waals surface area contributed by atoms with Gasteiger partial charge in [-0.3, -0.25) is 34.3 Å². The van der Waals surface area contributed by atoms with Crippen molar-refractivity contribution in [1.29, 1.82) is 5.26 Å². The summed E-state index contributed by atoms with van der Waals surface area (Å²) in [6, 6.07) is 22.9. The summed E-state index contributed by atoms with van der Waals surface area (Å²) >= 11 is 6.32. The van der Waals surface area contributed by atoms with Gasteiger partial charge in [0.2, 0.25) is 17.8 Å². The zero-order valence-electron chi connectivity index (χ0n) is 38.4. The summed E-state index contributed by atoms with van der Waals surface area (Å²) in [5.41, 5.74) is 5.13. The zero-order chi connectivity index (χ0) is 46.5. The number of amides is 4. The quantitative estimate of drug-likeness (QED) is 0.162. The molecule has 67 heavy (non-hydrogen) atoms. The van der Waals surface area contributed by atoms with E-state index in [1.807, 2.05) is 42.6 Å². The Kier molecular flexibility index (Phi) is 12.3. The molecule has 4 saturated heterocycles. The summed E-state index contributed by atoms with van der Waals surface area (Å²) in [6.45, 7) is 13.6. The number of likely N-dealkylation sites (tertiary alicyclic amines) is 1. The highest BCUT2D eigenvalue weighted by Gasteiger charge is 2.49. The van der Waals surface area contributed by atoms with E-state index in [0.29, 0.717) is 45.7 Å². The number of nitrogens with zero attached hydrogens (tertiary/aromatic N) is 8. The Hall–Kier alpha value is -5.88. The van der Waals surface area contributed by atoms with Crippen molar-refractivity contribution in [2.75, 3.05) is 68.7 Å². The molecule has 1 saturated carbocycles. The molecule has 3 aromatic carbocycles. The molecule has 5 fully saturated rings. The Balaban J connectivity index is 0.637. The average molecular weight is 925 g/mol. The minimum Gasteiger partial charge on any atom is -0.487 e. The van der Waals surface area contributed by atoms with Crippen LogP contribution in [0, 0.1) is 22.7 Å².